The molecule has 0 bridgehead atoms. The monoisotopic (exact) mass is 570 g/mol. The molecular formula is C31H31ClN6OS. The van der Waals surface area contributed by atoms with Gasteiger partial charge in [0, 0.05) is 40.8 Å². The fourth-order valence-electron chi connectivity index (χ4n) is 5.20. The van der Waals surface area contributed by atoms with Crippen LogP contribution in [0.2, 0.25) is 5.02 Å². The van der Waals surface area contributed by atoms with Crippen molar-refractivity contribution in [2.45, 2.75) is 32.9 Å². The number of urea groups is 1. The minimum Gasteiger partial charge on any atom is -0.342 e. The van der Waals surface area contributed by atoms with Gasteiger partial charge in [-0.05, 0) is 67.2 Å². The number of anilines is 1. The molecule has 0 unspecified atom stereocenters. The number of halogens is 1. The lowest BCUT2D eigenvalue weighted by Gasteiger charge is -2.30. The van der Waals surface area contributed by atoms with Crippen LogP contribution in [0, 0.1) is 5.92 Å². The van der Waals surface area contributed by atoms with E-state index in [9.17, 15) is 4.79 Å². The van der Waals surface area contributed by atoms with Gasteiger partial charge in [-0.2, -0.15) is 5.10 Å². The number of aromatic nitrogens is 2. The number of carbonyl (C=O) groups excluding carboxylic acids is 1. The Morgan fingerprint density at radius 3 is 2.75 bits per heavy atom. The van der Waals surface area contributed by atoms with Crippen LogP contribution in [0.4, 0.5) is 9.93 Å². The summed E-state index contributed by atoms with van der Waals surface area (Å²) < 4.78 is 3.20. The lowest BCUT2D eigenvalue weighted by Crippen LogP contribution is -2.32. The van der Waals surface area contributed by atoms with Crippen molar-refractivity contribution in [1.82, 2.24) is 19.9 Å². The summed E-state index contributed by atoms with van der Waals surface area (Å²) in [5, 5.41) is 9.35. The summed E-state index contributed by atoms with van der Waals surface area (Å²) in [6, 6.07) is 21.9. The first kappa shape index (κ1) is 26.5. The van der Waals surface area contributed by atoms with Gasteiger partial charge in [0.25, 0.3) is 0 Å². The zero-order chi connectivity index (χ0) is 27.5. The summed E-state index contributed by atoms with van der Waals surface area (Å²) in [7, 11) is 0. The van der Waals surface area contributed by atoms with Crippen molar-refractivity contribution in [2.24, 2.45) is 11.0 Å². The van der Waals surface area contributed by atoms with E-state index in [4.69, 9.17) is 11.6 Å². The van der Waals surface area contributed by atoms with E-state index in [1.807, 2.05) is 54.7 Å². The minimum atomic E-state index is -0.433. The molecule has 40 heavy (non-hydrogen) atoms. The van der Waals surface area contributed by atoms with Gasteiger partial charge in [-0.1, -0.05) is 72.3 Å². The number of hydrogen-bond acceptors (Lipinski definition) is 5. The van der Waals surface area contributed by atoms with Crippen molar-refractivity contribution in [3.8, 4) is 0 Å². The number of para-hydroxylation sites is 1. The van der Waals surface area contributed by atoms with Crippen LogP contribution >= 0.6 is 22.9 Å². The number of piperidine rings is 1. The van der Waals surface area contributed by atoms with Gasteiger partial charge in [0.05, 0.1) is 16.4 Å². The molecule has 9 heteroatoms. The Bertz CT molecular complexity index is 1680. The van der Waals surface area contributed by atoms with E-state index in [-0.39, 0.29) is 0 Å². The highest BCUT2D eigenvalue weighted by atomic mass is 35.5. The Hall–Kier alpha value is -3.72. The van der Waals surface area contributed by atoms with E-state index in [2.05, 4.69) is 55.4 Å². The molecule has 204 valence electrons. The summed E-state index contributed by atoms with van der Waals surface area (Å²) in [4.78, 5) is 19.7. The highest BCUT2D eigenvalue weighted by Crippen LogP contribution is 2.28. The molecule has 3 heterocycles. The SMILES string of the molecule is CC1CCN(Cc2ccc3nc(NC(=O)N/N=C/c4cn(Cc5ccccc5Cl)c5ccccc45)sc3c2)CC1. The summed E-state index contributed by atoms with van der Waals surface area (Å²) in [5.74, 6) is 0.823. The quantitative estimate of drug-likeness (QED) is 0.159. The molecule has 3 aromatic carbocycles. The number of benzene rings is 3. The van der Waals surface area contributed by atoms with Crippen LogP contribution in [0.3, 0.4) is 0 Å². The molecule has 2 N–H and O–H groups in total. The molecule has 0 spiro atoms. The van der Waals surface area contributed by atoms with Gasteiger partial charge < -0.3 is 4.57 Å². The molecule has 1 fully saturated rings. The summed E-state index contributed by atoms with van der Waals surface area (Å²) in [5.41, 5.74) is 7.74. The first-order valence-corrected chi connectivity index (χ1v) is 14.7. The highest BCUT2D eigenvalue weighted by Gasteiger charge is 2.16. The maximum Gasteiger partial charge on any atom is 0.341 e. The maximum absolute atomic E-state index is 12.6. The van der Waals surface area contributed by atoms with Gasteiger partial charge in [-0.3, -0.25) is 10.2 Å². The molecular weight excluding hydrogens is 540 g/mol. The van der Waals surface area contributed by atoms with Gasteiger partial charge in [0.15, 0.2) is 5.13 Å². The van der Waals surface area contributed by atoms with Crippen LogP contribution in [0.15, 0.2) is 78.0 Å². The van der Waals surface area contributed by atoms with Gasteiger partial charge in [0.2, 0.25) is 0 Å². The second-order valence-corrected chi connectivity index (χ2v) is 11.9. The molecule has 1 aliphatic heterocycles. The van der Waals surface area contributed by atoms with Crippen molar-refractivity contribution in [3.05, 3.63) is 94.6 Å². The van der Waals surface area contributed by atoms with Crippen molar-refractivity contribution in [1.29, 1.82) is 0 Å². The lowest BCUT2D eigenvalue weighted by atomic mass is 9.99. The maximum atomic E-state index is 12.6. The predicted octanol–water partition coefficient (Wildman–Crippen LogP) is 7.34. The van der Waals surface area contributed by atoms with Crippen molar-refractivity contribution in [3.63, 3.8) is 0 Å². The smallest absolute Gasteiger partial charge is 0.341 e. The Labute approximate surface area is 242 Å². The molecule has 0 radical (unpaired) electrons. The number of thiazole rings is 1. The van der Waals surface area contributed by atoms with E-state index in [0.717, 1.165) is 62.8 Å². The Morgan fingerprint density at radius 2 is 1.90 bits per heavy atom. The minimum absolute atomic E-state index is 0.433. The van der Waals surface area contributed by atoms with E-state index in [0.29, 0.717) is 11.7 Å². The Balaban J connectivity index is 1.10. The molecule has 5 aromatic rings. The molecule has 0 atom stereocenters. The van der Waals surface area contributed by atoms with Crippen LogP contribution in [-0.4, -0.2) is 39.8 Å². The molecule has 6 rings (SSSR count). The van der Waals surface area contributed by atoms with Gasteiger partial charge in [-0.25, -0.2) is 15.2 Å². The van der Waals surface area contributed by atoms with Crippen molar-refractivity contribution in [2.75, 3.05) is 18.4 Å². The zero-order valence-electron chi connectivity index (χ0n) is 22.3. The lowest BCUT2D eigenvalue weighted by molar-refractivity contribution is 0.185. The topological polar surface area (TPSA) is 74.6 Å². The molecule has 2 aromatic heterocycles. The third-order valence-electron chi connectivity index (χ3n) is 7.44. The molecule has 0 aliphatic carbocycles. The largest absolute Gasteiger partial charge is 0.342 e. The number of amides is 2. The summed E-state index contributed by atoms with van der Waals surface area (Å²) in [6.07, 6.45) is 6.21. The number of carbonyl (C=O) groups is 1. The fraction of sp³-hybridized carbons (Fsp3) is 0.258. The number of nitrogens with zero attached hydrogens (tertiary/aromatic N) is 4. The number of nitrogens with one attached hydrogen (secondary N) is 2. The van der Waals surface area contributed by atoms with Gasteiger partial charge >= 0.3 is 6.03 Å². The van der Waals surface area contributed by atoms with E-state index >= 15 is 0 Å². The molecule has 1 aliphatic rings. The average molecular weight is 571 g/mol. The van der Waals surface area contributed by atoms with Gasteiger partial charge in [-0.15, -0.1) is 0 Å². The summed E-state index contributed by atoms with van der Waals surface area (Å²) >= 11 is 7.87. The Kier molecular flexibility index (Phi) is 7.82. The van der Waals surface area contributed by atoms with Crippen LogP contribution in [0.1, 0.15) is 36.5 Å². The summed E-state index contributed by atoms with van der Waals surface area (Å²) in [6.45, 7) is 6.22. The average Bonchev–Trinajstić information content (AvgIpc) is 3.51. The van der Waals surface area contributed by atoms with Crippen LogP contribution < -0.4 is 10.7 Å². The van der Waals surface area contributed by atoms with E-state index in [1.54, 1.807) is 6.21 Å². The first-order chi connectivity index (χ1) is 19.5. The van der Waals surface area contributed by atoms with Crippen LogP contribution in [0.5, 0.6) is 0 Å². The number of hydrogen-bond donors (Lipinski definition) is 2. The number of hydrazone groups is 1. The van der Waals surface area contributed by atoms with Crippen molar-refractivity contribution < 1.29 is 4.79 Å². The van der Waals surface area contributed by atoms with Crippen LogP contribution in [-0.2, 0) is 13.1 Å². The van der Waals surface area contributed by atoms with E-state index < -0.39 is 6.03 Å². The first-order valence-electron chi connectivity index (χ1n) is 13.5. The second kappa shape index (κ2) is 11.8. The number of fused-ring (bicyclic) bond motifs is 2. The van der Waals surface area contributed by atoms with Crippen molar-refractivity contribution >= 4 is 61.4 Å². The molecule has 7 nitrogen and oxygen atoms in total. The molecule has 2 amide bonds. The van der Waals surface area contributed by atoms with E-state index in [1.165, 1.54) is 29.7 Å². The Morgan fingerprint density at radius 1 is 1.10 bits per heavy atom. The molecule has 0 saturated carbocycles. The fourth-order valence-corrected chi connectivity index (χ4v) is 6.32. The normalized spacial score (nSPS) is 14.8. The van der Waals surface area contributed by atoms with Crippen LogP contribution in [0.25, 0.3) is 21.1 Å². The standard InChI is InChI=1S/C31H31ClN6OS/c1-21-12-14-37(15-13-21)18-22-10-11-27-29(16-22)40-31(34-27)35-30(39)36-33-17-24-20-38(28-9-5-3-7-25(24)28)19-23-6-2-4-8-26(23)32/h2-11,16-17,20-21H,12-15,18-19H2,1H3,(H2,34,35,36,39)/b33-17+. The molecule has 1 saturated heterocycles. The third kappa shape index (κ3) is 6.04. The highest BCUT2D eigenvalue weighted by molar-refractivity contribution is 7.22. The third-order valence-corrected chi connectivity index (χ3v) is 8.75. The second-order valence-electron chi connectivity index (χ2n) is 10.4. The zero-order valence-corrected chi connectivity index (χ0v) is 23.9. The predicted molar refractivity (Wildman–Crippen MR) is 166 cm³/mol. The number of rotatable bonds is 7. The van der Waals surface area contributed by atoms with Gasteiger partial charge in [0.1, 0.15) is 0 Å². The number of likely N-dealkylation sites (tertiary alicyclic amines) is 1.